The molecule has 0 bridgehead atoms. The molecule has 0 radical (unpaired) electrons. The number of hydrogen-bond donors (Lipinski definition) is 1. The highest BCUT2D eigenvalue weighted by atomic mass is 16.6. The number of carbonyl (C=O) groups excluding carboxylic acids is 1. The van der Waals surface area contributed by atoms with E-state index in [1.165, 1.54) is 11.1 Å². The van der Waals surface area contributed by atoms with Gasteiger partial charge in [-0.25, -0.2) is 14.8 Å². The number of fused-ring (bicyclic) bond motifs is 3. The van der Waals surface area contributed by atoms with Crippen molar-refractivity contribution < 1.29 is 14.3 Å². The van der Waals surface area contributed by atoms with Crippen LogP contribution in [0.25, 0.3) is 11.0 Å². The van der Waals surface area contributed by atoms with Gasteiger partial charge in [-0.3, -0.25) is 0 Å². The fourth-order valence-electron chi connectivity index (χ4n) is 5.19. The molecule has 3 heterocycles. The Morgan fingerprint density at radius 3 is 2.25 bits per heavy atom. The molecule has 0 aliphatic carbocycles. The summed E-state index contributed by atoms with van der Waals surface area (Å²) in [6.45, 7) is 12.6. The maximum absolute atomic E-state index is 12.5. The lowest BCUT2D eigenvalue weighted by atomic mass is 10.1. The Morgan fingerprint density at radius 2 is 1.65 bits per heavy atom. The number of pyridine rings is 1. The summed E-state index contributed by atoms with van der Waals surface area (Å²) in [7, 11) is 0. The molecule has 0 unspecified atom stereocenters. The van der Waals surface area contributed by atoms with Gasteiger partial charge in [0.1, 0.15) is 16.9 Å². The Labute approximate surface area is 236 Å². The molecule has 0 fully saturated rings. The van der Waals surface area contributed by atoms with Gasteiger partial charge in [0.2, 0.25) is 0 Å². The quantitative estimate of drug-likeness (QED) is 0.314. The first-order chi connectivity index (χ1) is 19.2. The molecule has 0 spiro atoms. The van der Waals surface area contributed by atoms with Crippen LogP contribution in [0.3, 0.4) is 0 Å². The number of imidazole rings is 1. The first kappa shape index (κ1) is 27.6. The van der Waals surface area contributed by atoms with Crippen LogP contribution in [-0.4, -0.2) is 46.0 Å². The van der Waals surface area contributed by atoms with Crippen LogP contribution in [-0.2, 0) is 29.0 Å². The Bertz CT molecular complexity index is 1420. The molecule has 1 aliphatic rings. The van der Waals surface area contributed by atoms with Crippen LogP contribution < -0.4 is 10.2 Å². The van der Waals surface area contributed by atoms with E-state index in [0.717, 1.165) is 33.9 Å². The van der Waals surface area contributed by atoms with Gasteiger partial charge < -0.3 is 24.3 Å². The number of ether oxygens (including phenoxy) is 2. The van der Waals surface area contributed by atoms with Crippen LogP contribution in [0.4, 0.5) is 10.6 Å². The van der Waals surface area contributed by atoms with E-state index >= 15 is 0 Å². The number of carbonyl (C=O) groups is 1. The van der Waals surface area contributed by atoms with Crippen molar-refractivity contribution in [2.45, 2.75) is 65.8 Å². The molecule has 1 N–H and O–H groups in total. The SMILES string of the molecule is Cc1nc(N(Cc2ccccc2)Cc2ccccc2)c2nc3n(c2c1C)[C@@H](CNC(=O)OC(C)(C)C)COCC3. The molecule has 4 aromatic rings. The van der Waals surface area contributed by atoms with Crippen molar-refractivity contribution in [2.24, 2.45) is 0 Å². The maximum atomic E-state index is 12.5. The maximum Gasteiger partial charge on any atom is 0.407 e. The van der Waals surface area contributed by atoms with E-state index in [1.807, 2.05) is 32.9 Å². The van der Waals surface area contributed by atoms with Crippen LogP contribution in [0, 0.1) is 13.8 Å². The Balaban J connectivity index is 1.58. The Hall–Kier alpha value is -3.91. The van der Waals surface area contributed by atoms with Crippen molar-refractivity contribution in [3.05, 3.63) is 88.9 Å². The summed E-state index contributed by atoms with van der Waals surface area (Å²) in [6, 6.07) is 20.8. The summed E-state index contributed by atoms with van der Waals surface area (Å²) in [6.07, 6.45) is 0.252. The van der Waals surface area contributed by atoms with Crippen LogP contribution in [0.5, 0.6) is 0 Å². The summed E-state index contributed by atoms with van der Waals surface area (Å²) in [5, 5.41) is 2.95. The van der Waals surface area contributed by atoms with Gasteiger partial charge in [0.25, 0.3) is 0 Å². The van der Waals surface area contributed by atoms with E-state index in [1.54, 1.807) is 0 Å². The number of benzene rings is 2. The van der Waals surface area contributed by atoms with Crippen LogP contribution in [0.1, 0.15) is 55.0 Å². The van der Waals surface area contributed by atoms with Crippen molar-refractivity contribution in [1.29, 1.82) is 0 Å². The van der Waals surface area contributed by atoms with E-state index in [9.17, 15) is 4.79 Å². The first-order valence-corrected chi connectivity index (χ1v) is 13.9. The van der Waals surface area contributed by atoms with Crippen molar-refractivity contribution >= 4 is 22.9 Å². The van der Waals surface area contributed by atoms with Gasteiger partial charge in [0.15, 0.2) is 5.82 Å². The lowest BCUT2D eigenvalue weighted by molar-refractivity contribution is 0.0505. The van der Waals surface area contributed by atoms with E-state index in [4.69, 9.17) is 19.4 Å². The van der Waals surface area contributed by atoms with E-state index in [0.29, 0.717) is 39.3 Å². The highest BCUT2D eigenvalue weighted by Crippen LogP contribution is 2.34. The Morgan fingerprint density at radius 1 is 1.02 bits per heavy atom. The van der Waals surface area contributed by atoms with E-state index in [2.05, 4.69) is 77.2 Å². The summed E-state index contributed by atoms with van der Waals surface area (Å²) < 4.78 is 13.7. The molecule has 0 saturated carbocycles. The second kappa shape index (κ2) is 11.7. The molecule has 8 nitrogen and oxygen atoms in total. The normalized spacial score (nSPS) is 15.4. The third kappa shape index (κ3) is 6.28. The molecule has 40 heavy (non-hydrogen) atoms. The average Bonchev–Trinajstić information content (AvgIpc) is 3.18. The van der Waals surface area contributed by atoms with Crippen LogP contribution >= 0.6 is 0 Å². The lowest BCUT2D eigenvalue weighted by Crippen LogP contribution is -2.37. The second-order valence-corrected chi connectivity index (χ2v) is 11.4. The standard InChI is InChI=1S/C32H39N5O3/c1-22-23(2)34-30(36(19-24-12-8-6-9-13-24)20-25-14-10-7-11-15-25)28-29(22)37-26(21-39-17-16-27(37)35-28)18-33-31(38)40-32(3,4)5/h6-15,26H,16-21H2,1-5H3,(H,33,38)/t26-/m0/s1. The van der Waals surface area contributed by atoms with Gasteiger partial charge in [0.05, 0.1) is 24.8 Å². The van der Waals surface area contributed by atoms with Crippen LogP contribution in [0.15, 0.2) is 60.7 Å². The zero-order valence-corrected chi connectivity index (χ0v) is 24.1. The lowest BCUT2D eigenvalue weighted by Gasteiger charge is -2.26. The summed E-state index contributed by atoms with van der Waals surface area (Å²) in [5.41, 5.74) is 5.83. The number of anilines is 1. The minimum atomic E-state index is -0.563. The number of nitrogens with one attached hydrogen (secondary N) is 1. The monoisotopic (exact) mass is 541 g/mol. The Kier molecular flexibility index (Phi) is 8.07. The second-order valence-electron chi connectivity index (χ2n) is 11.4. The van der Waals surface area contributed by atoms with Gasteiger partial charge in [0, 0.05) is 31.7 Å². The topological polar surface area (TPSA) is 81.5 Å². The highest BCUT2D eigenvalue weighted by molar-refractivity contribution is 5.90. The number of amides is 1. The summed E-state index contributed by atoms with van der Waals surface area (Å²) in [5.74, 6) is 1.81. The number of aryl methyl sites for hydroxylation is 2. The van der Waals surface area contributed by atoms with Gasteiger partial charge >= 0.3 is 6.09 Å². The number of rotatable bonds is 7. The van der Waals surface area contributed by atoms with Crippen LogP contribution in [0.2, 0.25) is 0 Å². The molecule has 1 atom stereocenters. The number of hydrogen-bond acceptors (Lipinski definition) is 6. The van der Waals surface area contributed by atoms with E-state index in [-0.39, 0.29) is 6.04 Å². The highest BCUT2D eigenvalue weighted by Gasteiger charge is 2.28. The number of alkyl carbamates (subject to hydrolysis) is 1. The third-order valence-electron chi connectivity index (χ3n) is 7.13. The number of nitrogens with zero attached hydrogens (tertiary/aromatic N) is 4. The van der Waals surface area contributed by atoms with Gasteiger partial charge in [-0.15, -0.1) is 0 Å². The van der Waals surface area contributed by atoms with Crippen molar-refractivity contribution in [1.82, 2.24) is 19.9 Å². The molecule has 0 saturated heterocycles. The van der Waals surface area contributed by atoms with Crippen molar-refractivity contribution in [3.8, 4) is 0 Å². The van der Waals surface area contributed by atoms with Crippen molar-refractivity contribution in [3.63, 3.8) is 0 Å². The van der Waals surface area contributed by atoms with Gasteiger partial charge in [-0.05, 0) is 51.3 Å². The third-order valence-corrected chi connectivity index (χ3v) is 7.13. The van der Waals surface area contributed by atoms with Crippen molar-refractivity contribution in [2.75, 3.05) is 24.7 Å². The molecule has 2 aromatic heterocycles. The molecule has 1 aliphatic heterocycles. The molecular formula is C32H39N5O3. The molecular weight excluding hydrogens is 502 g/mol. The molecule has 5 rings (SSSR count). The smallest absolute Gasteiger partial charge is 0.407 e. The predicted molar refractivity (Wildman–Crippen MR) is 158 cm³/mol. The fraction of sp³-hybridized carbons (Fsp3) is 0.406. The minimum absolute atomic E-state index is 0.125. The number of aromatic nitrogens is 3. The fourth-order valence-corrected chi connectivity index (χ4v) is 5.19. The average molecular weight is 542 g/mol. The summed E-state index contributed by atoms with van der Waals surface area (Å²) >= 11 is 0. The first-order valence-electron chi connectivity index (χ1n) is 13.9. The van der Waals surface area contributed by atoms with Gasteiger partial charge in [-0.1, -0.05) is 60.7 Å². The molecule has 8 heteroatoms. The van der Waals surface area contributed by atoms with E-state index < -0.39 is 11.7 Å². The predicted octanol–water partition coefficient (Wildman–Crippen LogP) is 5.89. The zero-order chi connectivity index (χ0) is 28.3. The molecule has 210 valence electrons. The zero-order valence-electron chi connectivity index (χ0n) is 24.1. The minimum Gasteiger partial charge on any atom is -0.444 e. The molecule has 2 aromatic carbocycles. The summed E-state index contributed by atoms with van der Waals surface area (Å²) in [4.78, 5) is 25.1. The van der Waals surface area contributed by atoms with Gasteiger partial charge in [-0.2, -0.15) is 0 Å². The largest absolute Gasteiger partial charge is 0.444 e. The molecule has 1 amide bonds.